The highest BCUT2D eigenvalue weighted by Gasteiger charge is 2.76. The Balaban J connectivity index is 2.03. The summed E-state index contributed by atoms with van der Waals surface area (Å²) in [5.41, 5.74) is 1.84. The van der Waals surface area contributed by atoms with Crippen molar-refractivity contribution in [3.8, 4) is 0 Å². The Bertz CT molecular complexity index is 760. The van der Waals surface area contributed by atoms with Crippen molar-refractivity contribution in [1.82, 2.24) is 10.3 Å². The second-order valence-corrected chi connectivity index (χ2v) is 7.21. The number of rotatable bonds is 4. The summed E-state index contributed by atoms with van der Waals surface area (Å²) in [6.07, 6.45) is -0.893. The van der Waals surface area contributed by atoms with Crippen molar-refractivity contribution in [3.05, 3.63) is 0 Å². The first-order valence-electron chi connectivity index (χ1n) is 7.25. The summed E-state index contributed by atoms with van der Waals surface area (Å²) in [7, 11) is -5.34. The number of halogens is 2. The van der Waals surface area contributed by atoms with Gasteiger partial charge in [0.25, 0.3) is 11.8 Å². The lowest BCUT2D eigenvalue weighted by Crippen LogP contribution is -2.61. The number of urea groups is 1. The van der Waals surface area contributed by atoms with Crippen molar-refractivity contribution in [2.75, 3.05) is 6.54 Å². The molecular weight excluding hydrogens is 370 g/mol. The zero-order valence-corrected chi connectivity index (χ0v) is 13.4. The third-order valence-electron chi connectivity index (χ3n) is 4.71. The molecule has 1 aliphatic carbocycles. The fourth-order valence-corrected chi connectivity index (χ4v) is 4.00. The first kappa shape index (κ1) is 18.1. The van der Waals surface area contributed by atoms with Crippen molar-refractivity contribution in [1.29, 1.82) is 0 Å². The molecule has 3 fully saturated rings. The molecule has 2 aliphatic heterocycles. The van der Waals surface area contributed by atoms with Crippen LogP contribution >= 0.6 is 0 Å². The number of amides is 4. The molecule has 4 N–H and O–H groups in total. The molecule has 3 aliphatic rings. The Labute approximate surface area is 140 Å². The SMILES string of the molecule is NNC(=O)[C@@H]1CCC2CN1C(=O)[N+]2(OS(=O)(=O)O)C(=O)C1CC1(F)F. The minimum atomic E-state index is -5.34. The Kier molecular flexibility index (Phi) is 3.88. The number of nitrogens with zero attached hydrogens (tertiary/aromatic N) is 2. The number of hydrazine groups is 1. The van der Waals surface area contributed by atoms with E-state index in [0.29, 0.717) is 0 Å². The van der Waals surface area contributed by atoms with Crippen LogP contribution in [0.25, 0.3) is 0 Å². The molecule has 0 aromatic carbocycles. The average Bonchev–Trinajstić information content (AvgIpc) is 3.11. The summed E-state index contributed by atoms with van der Waals surface area (Å²) in [6.45, 7) is -0.281. The van der Waals surface area contributed by atoms with Gasteiger partial charge in [0.05, 0.1) is 6.54 Å². The number of carbonyl (C=O) groups is 3. The van der Waals surface area contributed by atoms with Gasteiger partial charge >= 0.3 is 22.3 Å². The summed E-state index contributed by atoms with van der Waals surface area (Å²) in [5.74, 6) is -2.49. The van der Waals surface area contributed by atoms with Crippen LogP contribution in [0.4, 0.5) is 13.6 Å². The van der Waals surface area contributed by atoms with Crippen LogP contribution in [0.5, 0.6) is 0 Å². The standard InChI is InChI=1S/C11H14F2N4O7S/c12-11(13)3-6(11)9(19)17(24-25(21,22)23)5-1-2-7(8(18)15-14)16(4-5)10(17)20/h5-7H,1-4,14H2,(H-,15,18,21,22,23)/p+1/t5?,6?,7-,17?/m0/s1. The molecule has 2 saturated heterocycles. The van der Waals surface area contributed by atoms with Crippen LogP contribution in [-0.2, 0) is 24.3 Å². The number of hydrogen-bond donors (Lipinski definition) is 3. The number of fused-ring (bicyclic) bond motifs is 2. The number of alkyl halides is 2. The van der Waals surface area contributed by atoms with Crippen LogP contribution in [-0.4, -0.2) is 64.9 Å². The van der Waals surface area contributed by atoms with Crippen LogP contribution in [0.3, 0.4) is 0 Å². The third kappa shape index (κ3) is 2.69. The molecule has 3 unspecified atom stereocenters. The zero-order chi connectivity index (χ0) is 18.8. The Morgan fingerprint density at radius 1 is 1.40 bits per heavy atom. The van der Waals surface area contributed by atoms with E-state index < -0.39 is 63.2 Å². The molecule has 4 atom stereocenters. The van der Waals surface area contributed by atoms with E-state index >= 15 is 0 Å². The molecule has 3 rings (SSSR count). The molecule has 14 heteroatoms. The van der Waals surface area contributed by atoms with E-state index in [1.807, 2.05) is 5.43 Å². The summed E-state index contributed by atoms with van der Waals surface area (Å²) < 4.78 is 60.5. The van der Waals surface area contributed by atoms with Gasteiger partial charge in [-0.3, -0.25) is 19.7 Å². The van der Waals surface area contributed by atoms with E-state index in [-0.39, 0.29) is 19.4 Å². The van der Waals surface area contributed by atoms with E-state index in [0.717, 1.165) is 4.90 Å². The van der Waals surface area contributed by atoms with E-state index in [1.54, 1.807) is 0 Å². The summed E-state index contributed by atoms with van der Waals surface area (Å²) in [6, 6.07) is -3.56. The molecule has 4 amide bonds. The lowest BCUT2D eigenvalue weighted by atomic mass is 9.99. The molecule has 25 heavy (non-hydrogen) atoms. The van der Waals surface area contributed by atoms with E-state index in [2.05, 4.69) is 4.28 Å². The fraction of sp³-hybridized carbons (Fsp3) is 0.727. The smallest absolute Gasteiger partial charge is 0.292 e. The number of imide groups is 1. The summed E-state index contributed by atoms with van der Waals surface area (Å²) >= 11 is 0. The van der Waals surface area contributed by atoms with E-state index in [9.17, 15) is 31.6 Å². The maximum absolute atomic E-state index is 13.3. The van der Waals surface area contributed by atoms with Gasteiger partial charge in [0.15, 0.2) is 6.04 Å². The lowest BCUT2D eigenvalue weighted by Gasteiger charge is -2.28. The number of nitrogens with two attached hydrogens (primary N) is 1. The number of piperidine rings is 1. The van der Waals surface area contributed by atoms with E-state index in [4.69, 9.17) is 10.4 Å². The van der Waals surface area contributed by atoms with Gasteiger partial charge < -0.3 is 0 Å². The van der Waals surface area contributed by atoms with Gasteiger partial charge in [-0.2, -0.15) is 8.42 Å². The van der Waals surface area contributed by atoms with Crippen LogP contribution in [0.1, 0.15) is 19.3 Å². The Morgan fingerprint density at radius 2 is 2.00 bits per heavy atom. The number of carbonyl (C=O) groups excluding carboxylic acids is 3. The molecule has 0 radical (unpaired) electrons. The number of hydroxylamine groups is 3. The van der Waals surface area contributed by atoms with Gasteiger partial charge in [-0.25, -0.2) is 24.2 Å². The minimum absolute atomic E-state index is 0.0165. The molecule has 0 spiro atoms. The van der Waals surface area contributed by atoms with Crippen molar-refractivity contribution in [3.63, 3.8) is 0 Å². The molecule has 1 saturated carbocycles. The summed E-state index contributed by atoms with van der Waals surface area (Å²) in [5, 5.41) is 0. The van der Waals surface area contributed by atoms with Gasteiger partial charge in [-0.15, -0.1) is 0 Å². The van der Waals surface area contributed by atoms with Gasteiger partial charge in [0, 0.05) is 12.8 Å². The summed E-state index contributed by atoms with van der Waals surface area (Å²) in [4.78, 5) is 37.9. The first-order chi connectivity index (χ1) is 11.4. The van der Waals surface area contributed by atoms with Crippen molar-refractivity contribution >= 4 is 28.2 Å². The van der Waals surface area contributed by atoms with Crippen LogP contribution in [0.15, 0.2) is 0 Å². The van der Waals surface area contributed by atoms with Crippen molar-refractivity contribution < 1.29 is 45.1 Å². The molecule has 11 nitrogen and oxygen atoms in total. The highest BCUT2D eigenvalue weighted by Crippen LogP contribution is 2.53. The van der Waals surface area contributed by atoms with Crippen LogP contribution in [0.2, 0.25) is 0 Å². The molecule has 2 bridgehead atoms. The maximum Gasteiger partial charge on any atom is 0.462 e. The van der Waals surface area contributed by atoms with Crippen molar-refractivity contribution in [2.45, 2.75) is 37.3 Å². The molecule has 2 heterocycles. The predicted octanol–water partition coefficient (Wildman–Crippen LogP) is -1.32. The van der Waals surface area contributed by atoms with Gasteiger partial charge in [-0.1, -0.05) is 0 Å². The first-order valence-corrected chi connectivity index (χ1v) is 8.62. The molecule has 0 aromatic rings. The second-order valence-electron chi connectivity index (χ2n) is 6.21. The van der Waals surface area contributed by atoms with E-state index in [1.165, 1.54) is 0 Å². The Morgan fingerprint density at radius 3 is 2.48 bits per heavy atom. The Hall–Kier alpha value is -1.74. The average molecular weight is 385 g/mol. The highest BCUT2D eigenvalue weighted by atomic mass is 32.3. The molecule has 0 aromatic heterocycles. The molecular formula is C11H15F2N4O7S+. The van der Waals surface area contributed by atoms with Crippen LogP contribution in [0, 0.1) is 5.92 Å². The van der Waals surface area contributed by atoms with Crippen molar-refractivity contribution in [2.24, 2.45) is 11.8 Å². The second kappa shape index (κ2) is 5.38. The number of quaternary nitrogens is 1. The maximum atomic E-state index is 13.3. The normalized spacial score (nSPS) is 36.2. The monoisotopic (exact) mass is 385 g/mol. The number of nitrogens with one attached hydrogen (secondary N) is 1. The number of hydrogen-bond acceptors (Lipinski definition) is 7. The van der Waals surface area contributed by atoms with Crippen LogP contribution < -0.4 is 11.3 Å². The quantitative estimate of drug-likeness (QED) is 0.177. The van der Waals surface area contributed by atoms with Gasteiger partial charge in [0.1, 0.15) is 12.0 Å². The fourth-order valence-electron chi connectivity index (χ4n) is 3.44. The highest BCUT2D eigenvalue weighted by molar-refractivity contribution is 7.80. The topological polar surface area (TPSA) is 156 Å². The van der Waals surface area contributed by atoms with Gasteiger partial charge in [-0.05, 0) is 15.4 Å². The lowest BCUT2D eigenvalue weighted by molar-refractivity contribution is -0.962. The predicted molar refractivity (Wildman–Crippen MR) is 72.2 cm³/mol. The minimum Gasteiger partial charge on any atom is -0.292 e. The van der Waals surface area contributed by atoms with Gasteiger partial charge in [0.2, 0.25) is 0 Å². The zero-order valence-electron chi connectivity index (χ0n) is 12.6. The third-order valence-corrected chi connectivity index (χ3v) is 5.13. The largest absolute Gasteiger partial charge is 0.462 e. The molecule has 140 valence electrons.